The van der Waals surface area contributed by atoms with E-state index in [0.29, 0.717) is 0 Å². The molecule has 0 spiro atoms. The van der Waals surface area contributed by atoms with Crippen LogP contribution in [0, 0.1) is 0 Å². The van der Waals surface area contributed by atoms with Crippen LogP contribution in [0.25, 0.3) is 0 Å². The fraction of sp³-hybridized carbons (Fsp3) is 1.00. The molecule has 0 amide bonds. The summed E-state index contributed by atoms with van der Waals surface area (Å²) < 4.78 is 4.80. The van der Waals surface area contributed by atoms with Crippen LogP contribution in [-0.2, 0) is 23.0 Å². The molecule has 0 bridgehead atoms. The second-order valence-corrected chi connectivity index (χ2v) is 2.68. The largest absolute Gasteiger partial charge is 1.00 e. The summed E-state index contributed by atoms with van der Waals surface area (Å²) in [7, 11) is 1.75. The van der Waals surface area contributed by atoms with Crippen LogP contribution in [0.3, 0.4) is 0 Å². The minimum atomic E-state index is 0. The van der Waals surface area contributed by atoms with Crippen LogP contribution in [0.5, 0.6) is 0 Å². The Morgan fingerprint density at radius 2 is 2.14 bits per heavy atom. The van der Waals surface area contributed by atoms with Gasteiger partial charge in [0.2, 0.25) is 0 Å². The maximum atomic E-state index is 4.80. The summed E-state index contributed by atoms with van der Waals surface area (Å²) in [5.74, 6) is 0. The molecule has 0 aliphatic carbocycles. The fourth-order valence-corrected chi connectivity index (χ4v) is 0.675. The zero-order valence-electron chi connectivity index (χ0n) is 4.61. The second kappa shape index (κ2) is 10.1. The van der Waals surface area contributed by atoms with E-state index in [4.69, 9.17) is 4.74 Å². The van der Waals surface area contributed by atoms with E-state index in [1.807, 2.05) is 0 Å². The molecule has 3 heteroatoms. The first kappa shape index (κ1) is 10.9. The van der Waals surface area contributed by atoms with Crippen LogP contribution in [0.15, 0.2) is 0 Å². The Balaban J connectivity index is 0. The van der Waals surface area contributed by atoms with Crippen molar-refractivity contribution in [3.8, 4) is 0 Å². The molecule has 0 radical (unpaired) electrons. The van der Waals surface area contributed by atoms with Gasteiger partial charge < -0.3 is 17.0 Å². The molecule has 0 heterocycles. The van der Waals surface area contributed by atoms with Crippen LogP contribution in [0.4, 0.5) is 0 Å². The molecule has 0 fully saturated rings. The van der Waals surface area contributed by atoms with Crippen LogP contribution in [0.1, 0.15) is 6.42 Å². The van der Waals surface area contributed by atoms with E-state index in [1.54, 1.807) is 7.11 Å². The van der Waals surface area contributed by atoms with Gasteiger partial charge in [-0.2, -0.15) is 0 Å². The van der Waals surface area contributed by atoms with Crippen molar-refractivity contribution in [3.05, 3.63) is 0 Å². The zero-order valence-corrected chi connectivity index (χ0v) is 9.17. The SMILES string of the molecule is COCC[CH2][Zn+].[Br-]. The van der Waals surface area contributed by atoms with E-state index in [9.17, 15) is 0 Å². The standard InChI is InChI=1S/C4H9O.BrH.Zn/c1-3-4-5-2;;/h1,3-4H2,2H3;1H;/q;;+1/p-1. The molecule has 0 N–H and O–H groups in total. The predicted molar refractivity (Wildman–Crippen MR) is 21.3 cm³/mol. The normalized spacial score (nSPS) is 7.86. The Morgan fingerprint density at radius 1 is 1.57 bits per heavy atom. The van der Waals surface area contributed by atoms with Gasteiger partial charge in [-0.1, -0.05) is 0 Å². The smallest absolute Gasteiger partial charge is 1.00 e. The van der Waals surface area contributed by atoms with Crippen LogP contribution in [0.2, 0.25) is 5.02 Å². The van der Waals surface area contributed by atoms with Gasteiger partial charge in [0.05, 0.1) is 0 Å². The van der Waals surface area contributed by atoms with E-state index in [1.165, 1.54) is 29.7 Å². The number of ether oxygens (including phenoxy) is 1. The summed E-state index contributed by atoms with van der Waals surface area (Å²) in [6, 6.07) is 0. The molecule has 0 atom stereocenters. The van der Waals surface area contributed by atoms with Gasteiger partial charge in [0, 0.05) is 0 Å². The molecule has 0 aliphatic heterocycles. The zero-order chi connectivity index (χ0) is 4.83. The molecular formula is C4H9BrOZn. The topological polar surface area (TPSA) is 9.23 Å². The quantitative estimate of drug-likeness (QED) is 0.393. The van der Waals surface area contributed by atoms with E-state index in [2.05, 4.69) is 0 Å². The van der Waals surface area contributed by atoms with Crippen molar-refractivity contribution in [2.24, 2.45) is 0 Å². The summed E-state index contributed by atoms with van der Waals surface area (Å²) in [5, 5.41) is 1.36. The molecule has 0 saturated carbocycles. The molecule has 0 aromatic carbocycles. The van der Waals surface area contributed by atoms with Crippen molar-refractivity contribution in [2.75, 3.05) is 13.7 Å². The molecular weight excluding hydrogens is 209 g/mol. The van der Waals surface area contributed by atoms with E-state index < -0.39 is 0 Å². The van der Waals surface area contributed by atoms with Crippen molar-refractivity contribution >= 4 is 0 Å². The molecule has 0 saturated heterocycles. The summed E-state index contributed by atoms with van der Waals surface area (Å²) in [5.41, 5.74) is 0. The number of methoxy groups -OCH3 is 1. The second-order valence-electron chi connectivity index (χ2n) is 1.20. The van der Waals surface area contributed by atoms with Gasteiger partial charge in [0.25, 0.3) is 0 Å². The summed E-state index contributed by atoms with van der Waals surface area (Å²) >= 11 is 1.41. The molecule has 40 valence electrons. The Labute approximate surface area is 65.3 Å². The Kier molecular flexibility index (Phi) is 15.8. The van der Waals surface area contributed by atoms with Gasteiger partial charge in [-0.25, -0.2) is 0 Å². The monoisotopic (exact) mass is 216 g/mol. The van der Waals surface area contributed by atoms with Crippen molar-refractivity contribution < 1.29 is 40.0 Å². The van der Waals surface area contributed by atoms with E-state index in [-0.39, 0.29) is 17.0 Å². The molecule has 0 aromatic heterocycles. The van der Waals surface area contributed by atoms with Gasteiger partial charge in [0.15, 0.2) is 0 Å². The van der Waals surface area contributed by atoms with Crippen LogP contribution >= 0.6 is 0 Å². The average Bonchev–Trinajstić information content (AvgIpc) is 1.61. The molecule has 0 aliphatic rings. The fourth-order valence-electron chi connectivity index (χ4n) is 0.246. The van der Waals surface area contributed by atoms with E-state index >= 15 is 0 Å². The Hall–Kier alpha value is 1.06. The van der Waals surface area contributed by atoms with Gasteiger partial charge in [-0.05, 0) is 0 Å². The average molecular weight is 218 g/mol. The van der Waals surface area contributed by atoms with Crippen LogP contribution < -0.4 is 17.0 Å². The first-order valence-corrected chi connectivity index (χ1v) is 4.29. The molecule has 1 nitrogen and oxygen atoms in total. The van der Waals surface area contributed by atoms with Gasteiger partial charge in [-0.3, -0.25) is 0 Å². The molecule has 7 heavy (non-hydrogen) atoms. The Morgan fingerprint density at radius 3 is 2.29 bits per heavy atom. The first-order chi connectivity index (χ1) is 2.91. The maximum Gasteiger partial charge on any atom is -1.00 e. The van der Waals surface area contributed by atoms with Gasteiger partial charge in [0.1, 0.15) is 0 Å². The first-order valence-electron chi connectivity index (χ1n) is 2.20. The number of halogens is 1. The minimum absolute atomic E-state index is 0. The third kappa shape index (κ3) is 11.0. The van der Waals surface area contributed by atoms with Gasteiger partial charge >= 0.3 is 48.2 Å². The predicted octanol–water partition coefficient (Wildman–Crippen LogP) is -2.01. The van der Waals surface area contributed by atoms with Crippen LogP contribution in [-0.4, -0.2) is 13.7 Å². The summed E-state index contributed by atoms with van der Waals surface area (Å²) in [6.45, 7) is 0.944. The van der Waals surface area contributed by atoms with E-state index in [0.717, 1.165) is 6.61 Å². The number of hydrogen-bond donors (Lipinski definition) is 0. The van der Waals surface area contributed by atoms with Gasteiger partial charge in [-0.15, -0.1) is 0 Å². The molecule has 0 aromatic rings. The van der Waals surface area contributed by atoms with Crippen molar-refractivity contribution in [1.29, 1.82) is 0 Å². The van der Waals surface area contributed by atoms with Crippen molar-refractivity contribution in [3.63, 3.8) is 0 Å². The summed E-state index contributed by atoms with van der Waals surface area (Å²) in [6.07, 6.45) is 1.25. The molecule has 0 rings (SSSR count). The summed E-state index contributed by atoms with van der Waals surface area (Å²) in [4.78, 5) is 0. The maximum absolute atomic E-state index is 4.80. The third-order valence-corrected chi connectivity index (χ3v) is 1.65. The van der Waals surface area contributed by atoms with Crippen molar-refractivity contribution in [2.45, 2.75) is 11.4 Å². The molecule has 0 unspecified atom stereocenters. The number of rotatable bonds is 3. The third-order valence-electron chi connectivity index (χ3n) is 0.598. The minimum Gasteiger partial charge on any atom is -1.00 e. The number of hydrogen-bond acceptors (Lipinski definition) is 1. The Bertz CT molecular complexity index is 23.7. The van der Waals surface area contributed by atoms with Crippen molar-refractivity contribution in [1.82, 2.24) is 0 Å².